The summed E-state index contributed by atoms with van der Waals surface area (Å²) in [5.74, 6) is 0.898. The summed E-state index contributed by atoms with van der Waals surface area (Å²) >= 11 is 1.68. The second-order valence-electron chi connectivity index (χ2n) is 6.61. The summed E-state index contributed by atoms with van der Waals surface area (Å²) in [5.41, 5.74) is 2.26. The zero-order chi connectivity index (χ0) is 17.9. The summed E-state index contributed by atoms with van der Waals surface area (Å²) in [6.07, 6.45) is 2.62. The summed E-state index contributed by atoms with van der Waals surface area (Å²) < 4.78 is 11.5. The van der Waals surface area contributed by atoms with E-state index < -0.39 is 0 Å². The van der Waals surface area contributed by atoms with Crippen molar-refractivity contribution in [2.24, 2.45) is 4.99 Å². The van der Waals surface area contributed by atoms with Crippen molar-refractivity contribution in [2.75, 3.05) is 26.3 Å². The van der Waals surface area contributed by atoms with E-state index in [-0.39, 0.29) is 0 Å². The second kappa shape index (κ2) is 7.84. The number of nitrogens with zero attached hydrogens (tertiary/aromatic N) is 3. The number of hydrogen-bond donors (Lipinski definition) is 0. The van der Waals surface area contributed by atoms with E-state index in [1.165, 1.54) is 5.56 Å². The Morgan fingerprint density at radius 3 is 3.04 bits per heavy atom. The fraction of sp³-hybridized carbons (Fsp3) is 0.500. The first-order valence-electron chi connectivity index (χ1n) is 9.42. The largest absolute Gasteiger partial charge is 0.494 e. The van der Waals surface area contributed by atoms with Crippen molar-refractivity contribution in [3.63, 3.8) is 0 Å². The van der Waals surface area contributed by atoms with Gasteiger partial charge in [0.25, 0.3) is 0 Å². The van der Waals surface area contributed by atoms with Gasteiger partial charge in [0.15, 0.2) is 5.17 Å². The van der Waals surface area contributed by atoms with Crippen LogP contribution < -0.4 is 4.74 Å². The normalized spacial score (nSPS) is 21.4. The minimum atomic E-state index is 0.317. The summed E-state index contributed by atoms with van der Waals surface area (Å²) in [5, 5.41) is 3.26. The molecule has 0 bridgehead atoms. The third-order valence-electron chi connectivity index (χ3n) is 4.70. The monoisotopic (exact) mass is 371 g/mol. The molecule has 0 amide bonds. The molecule has 4 rings (SSSR count). The number of aromatic nitrogens is 1. The average Bonchev–Trinajstić information content (AvgIpc) is 3.14. The predicted molar refractivity (Wildman–Crippen MR) is 106 cm³/mol. The molecule has 0 radical (unpaired) electrons. The van der Waals surface area contributed by atoms with Crippen LogP contribution in [0.4, 0.5) is 0 Å². The third-order valence-corrected chi connectivity index (χ3v) is 5.81. The molecule has 0 saturated carbocycles. The van der Waals surface area contributed by atoms with Crippen molar-refractivity contribution < 1.29 is 9.47 Å². The van der Waals surface area contributed by atoms with Crippen molar-refractivity contribution >= 4 is 27.8 Å². The van der Waals surface area contributed by atoms with E-state index in [0.29, 0.717) is 12.7 Å². The number of hydrogen-bond acceptors (Lipinski definition) is 5. The lowest BCUT2D eigenvalue weighted by molar-refractivity contribution is 0.0902. The molecule has 0 aliphatic carbocycles. The fourth-order valence-electron chi connectivity index (χ4n) is 3.51. The molecule has 2 aromatic rings. The van der Waals surface area contributed by atoms with Crippen LogP contribution in [-0.2, 0) is 11.3 Å². The number of aliphatic imine (C=N–C) groups is 1. The lowest BCUT2D eigenvalue weighted by Crippen LogP contribution is -2.38. The Kier molecular flexibility index (Phi) is 5.31. The highest BCUT2D eigenvalue weighted by Crippen LogP contribution is 2.34. The predicted octanol–water partition coefficient (Wildman–Crippen LogP) is 4.10. The Morgan fingerprint density at radius 1 is 1.35 bits per heavy atom. The molecule has 0 unspecified atom stereocenters. The van der Waals surface area contributed by atoms with Crippen LogP contribution in [0, 0.1) is 0 Å². The van der Waals surface area contributed by atoms with E-state index in [9.17, 15) is 0 Å². The molecular weight excluding hydrogens is 346 g/mol. The van der Waals surface area contributed by atoms with Gasteiger partial charge in [-0.15, -0.1) is 0 Å². The minimum absolute atomic E-state index is 0.317. The van der Waals surface area contributed by atoms with Gasteiger partial charge in [-0.2, -0.15) is 0 Å². The molecule has 1 aromatic carbocycles. The van der Waals surface area contributed by atoms with Crippen molar-refractivity contribution in [3.8, 4) is 5.75 Å². The van der Waals surface area contributed by atoms with Crippen LogP contribution in [0.15, 0.2) is 34.3 Å². The molecule has 26 heavy (non-hydrogen) atoms. The summed E-state index contributed by atoms with van der Waals surface area (Å²) in [7, 11) is 0. The van der Waals surface area contributed by atoms with E-state index in [0.717, 1.165) is 65.9 Å². The highest BCUT2D eigenvalue weighted by molar-refractivity contribution is 8.13. The first-order chi connectivity index (χ1) is 12.8. The number of thioether (sulfide) groups is 1. The maximum Gasteiger partial charge on any atom is 0.165 e. The highest BCUT2D eigenvalue weighted by Gasteiger charge is 2.27. The molecule has 5 nitrogen and oxygen atoms in total. The number of amidine groups is 1. The number of pyridine rings is 1. The van der Waals surface area contributed by atoms with Gasteiger partial charge in [0.2, 0.25) is 0 Å². The first-order valence-corrected chi connectivity index (χ1v) is 10.2. The minimum Gasteiger partial charge on any atom is -0.494 e. The summed E-state index contributed by atoms with van der Waals surface area (Å²) in [4.78, 5) is 12.0. The second-order valence-corrected chi connectivity index (χ2v) is 7.57. The third kappa shape index (κ3) is 3.67. The molecule has 0 spiro atoms. The van der Waals surface area contributed by atoms with Gasteiger partial charge in [0.05, 0.1) is 18.2 Å². The summed E-state index contributed by atoms with van der Waals surface area (Å²) in [6, 6.07) is 8.36. The molecule has 1 fully saturated rings. The smallest absolute Gasteiger partial charge is 0.165 e. The Labute approximate surface area is 158 Å². The Hall–Kier alpha value is -1.79. The van der Waals surface area contributed by atoms with Gasteiger partial charge < -0.3 is 14.4 Å². The van der Waals surface area contributed by atoms with Crippen LogP contribution in [0.3, 0.4) is 0 Å². The van der Waals surface area contributed by atoms with Gasteiger partial charge in [-0.25, -0.2) is 4.98 Å². The quantitative estimate of drug-likeness (QED) is 0.792. The molecule has 138 valence electrons. The van der Waals surface area contributed by atoms with Gasteiger partial charge in [-0.1, -0.05) is 0 Å². The van der Waals surface area contributed by atoms with Crippen LogP contribution >= 0.6 is 11.8 Å². The lowest BCUT2D eigenvalue weighted by atomic mass is 10.1. The van der Waals surface area contributed by atoms with Crippen LogP contribution in [0.1, 0.15) is 32.3 Å². The first kappa shape index (κ1) is 17.6. The fourth-order valence-corrected chi connectivity index (χ4v) is 4.54. The molecule has 0 N–H and O–H groups in total. The van der Waals surface area contributed by atoms with Crippen molar-refractivity contribution in [3.05, 3.63) is 29.8 Å². The SMILES string of the molecule is CCN=C1Sc2nc3ccc(OCC)cc3cc2CN1C[C@@H]1CCCO1. The Bertz CT molecular complexity index is 818. The summed E-state index contributed by atoms with van der Waals surface area (Å²) in [6.45, 7) is 8.16. The van der Waals surface area contributed by atoms with E-state index in [1.54, 1.807) is 11.8 Å². The van der Waals surface area contributed by atoms with E-state index in [2.05, 4.69) is 24.0 Å². The van der Waals surface area contributed by atoms with Gasteiger partial charge in [0, 0.05) is 37.2 Å². The average molecular weight is 372 g/mol. The molecule has 1 atom stereocenters. The number of ether oxygens (including phenoxy) is 2. The van der Waals surface area contributed by atoms with Crippen LogP contribution in [0.5, 0.6) is 5.75 Å². The Morgan fingerprint density at radius 2 is 2.27 bits per heavy atom. The van der Waals surface area contributed by atoms with Crippen LogP contribution in [0.25, 0.3) is 10.9 Å². The van der Waals surface area contributed by atoms with Crippen LogP contribution in [0.2, 0.25) is 0 Å². The van der Waals surface area contributed by atoms with E-state index >= 15 is 0 Å². The number of benzene rings is 1. The lowest BCUT2D eigenvalue weighted by Gasteiger charge is -2.32. The molecule has 3 heterocycles. The topological polar surface area (TPSA) is 47.0 Å². The van der Waals surface area contributed by atoms with Gasteiger partial charge in [-0.3, -0.25) is 4.99 Å². The van der Waals surface area contributed by atoms with Crippen molar-refractivity contribution in [1.29, 1.82) is 0 Å². The Balaban J connectivity index is 1.65. The molecule has 1 saturated heterocycles. The molecule has 6 heteroatoms. The molecule has 1 aromatic heterocycles. The molecule has 2 aliphatic rings. The van der Waals surface area contributed by atoms with Gasteiger partial charge in [-0.05, 0) is 62.7 Å². The molecule has 2 aliphatic heterocycles. The zero-order valence-electron chi connectivity index (χ0n) is 15.4. The highest BCUT2D eigenvalue weighted by atomic mass is 32.2. The van der Waals surface area contributed by atoms with Gasteiger partial charge in [0.1, 0.15) is 10.8 Å². The van der Waals surface area contributed by atoms with E-state index in [1.807, 2.05) is 19.1 Å². The zero-order valence-corrected chi connectivity index (χ0v) is 16.2. The van der Waals surface area contributed by atoms with Crippen molar-refractivity contribution in [1.82, 2.24) is 9.88 Å². The van der Waals surface area contributed by atoms with E-state index in [4.69, 9.17) is 19.5 Å². The van der Waals surface area contributed by atoms with Gasteiger partial charge >= 0.3 is 0 Å². The number of rotatable bonds is 5. The standard InChI is InChI=1S/C20H25N3O2S/c1-3-21-20-23(13-17-6-5-9-25-17)12-15-10-14-11-16(24-4-2)7-8-18(14)22-19(15)26-20/h7-8,10-11,17H,3-6,9,12-13H2,1-2H3/t17-/m0/s1. The van der Waals surface area contributed by atoms with Crippen molar-refractivity contribution in [2.45, 2.75) is 44.4 Å². The van der Waals surface area contributed by atoms with Crippen LogP contribution in [-0.4, -0.2) is 47.5 Å². The maximum atomic E-state index is 5.84. The maximum absolute atomic E-state index is 5.84. The number of fused-ring (bicyclic) bond motifs is 2. The molecular formula is C20H25N3O2S.